The summed E-state index contributed by atoms with van der Waals surface area (Å²) in [5, 5.41) is 2.71. The molecule has 0 radical (unpaired) electrons. The van der Waals surface area contributed by atoms with Gasteiger partial charge in [0.25, 0.3) is 6.02 Å². The normalized spacial score (nSPS) is 11.6. The number of nitrogens with one attached hydrogen (secondary N) is 1. The highest BCUT2D eigenvalue weighted by molar-refractivity contribution is 5.77. The maximum Gasteiger partial charge on any atom is 0.281 e. The summed E-state index contributed by atoms with van der Waals surface area (Å²) in [6.07, 6.45) is 0.786. The van der Waals surface area contributed by atoms with E-state index in [0.29, 0.717) is 13.1 Å². The van der Waals surface area contributed by atoms with Crippen molar-refractivity contribution >= 4 is 11.9 Å². The summed E-state index contributed by atoms with van der Waals surface area (Å²) >= 11 is 0. The van der Waals surface area contributed by atoms with Crippen LogP contribution in [0.2, 0.25) is 0 Å². The number of nitrogens with zero attached hydrogens (tertiary/aromatic N) is 1. The van der Waals surface area contributed by atoms with E-state index in [1.54, 1.807) is 0 Å². The Balaban J connectivity index is 3.41. The van der Waals surface area contributed by atoms with Gasteiger partial charge in [-0.1, -0.05) is 0 Å². The van der Waals surface area contributed by atoms with Gasteiger partial charge in [0.1, 0.15) is 6.61 Å². The SMILES string of the molecule is COC(N)=NCCCNC(=O)COC(C)C. The average molecular weight is 231 g/mol. The predicted molar refractivity (Wildman–Crippen MR) is 62.2 cm³/mol. The van der Waals surface area contributed by atoms with Gasteiger partial charge in [0.05, 0.1) is 13.2 Å². The van der Waals surface area contributed by atoms with Crippen molar-refractivity contribution in [2.45, 2.75) is 26.4 Å². The maximum atomic E-state index is 11.2. The van der Waals surface area contributed by atoms with Gasteiger partial charge in [-0.2, -0.15) is 0 Å². The van der Waals surface area contributed by atoms with Crippen LogP contribution in [0.3, 0.4) is 0 Å². The quantitative estimate of drug-likeness (QED) is 0.363. The second-order valence-corrected chi connectivity index (χ2v) is 3.49. The van der Waals surface area contributed by atoms with Gasteiger partial charge in [0, 0.05) is 13.1 Å². The van der Waals surface area contributed by atoms with Gasteiger partial charge in [-0.05, 0) is 20.3 Å². The first-order chi connectivity index (χ1) is 7.56. The van der Waals surface area contributed by atoms with Crippen molar-refractivity contribution in [1.29, 1.82) is 0 Å². The van der Waals surface area contributed by atoms with E-state index in [9.17, 15) is 4.79 Å². The Morgan fingerprint density at radius 3 is 2.75 bits per heavy atom. The molecule has 0 saturated heterocycles. The summed E-state index contributed by atoms with van der Waals surface area (Å²) in [7, 11) is 1.46. The second kappa shape index (κ2) is 8.96. The molecule has 0 bridgehead atoms. The lowest BCUT2D eigenvalue weighted by atomic mass is 10.4. The Morgan fingerprint density at radius 2 is 2.19 bits per heavy atom. The molecule has 0 aliphatic heterocycles. The van der Waals surface area contributed by atoms with Crippen molar-refractivity contribution in [2.75, 3.05) is 26.8 Å². The summed E-state index contributed by atoms with van der Waals surface area (Å²) in [4.78, 5) is 15.1. The van der Waals surface area contributed by atoms with Gasteiger partial charge in [-0.25, -0.2) is 4.99 Å². The lowest BCUT2D eigenvalue weighted by molar-refractivity contribution is -0.127. The summed E-state index contributed by atoms with van der Waals surface area (Å²) in [5.74, 6) is -0.114. The molecule has 94 valence electrons. The Bertz CT molecular complexity index is 229. The number of aliphatic imine (C=N–C) groups is 1. The van der Waals surface area contributed by atoms with Crippen LogP contribution in [0.4, 0.5) is 0 Å². The molecule has 0 unspecified atom stereocenters. The first-order valence-corrected chi connectivity index (χ1v) is 5.28. The number of methoxy groups -OCH3 is 1. The minimum atomic E-state index is -0.114. The number of hydrogen-bond acceptors (Lipinski definition) is 4. The summed E-state index contributed by atoms with van der Waals surface area (Å²) < 4.78 is 9.80. The number of ether oxygens (including phenoxy) is 2. The van der Waals surface area contributed by atoms with E-state index in [-0.39, 0.29) is 24.6 Å². The Hall–Kier alpha value is -1.30. The van der Waals surface area contributed by atoms with E-state index < -0.39 is 0 Å². The fourth-order valence-electron chi connectivity index (χ4n) is 0.854. The molecule has 0 saturated carbocycles. The monoisotopic (exact) mass is 231 g/mol. The molecule has 6 heteroatoms. The van der Waals surface area contributed by atoms with E-state index in [4.69, 9.17) is 10.5 Å². The van der Waals surface area contributed by atoms with Gasteiger partial charge in [0.2, 0.25) is 5.91 Å². The Kier molecular flexibility index (Phi) is 8.24. The van der Waals surface area contributed by atoms with Crippen LogP contribution in [0.5, 0.6) is 0 Å². The molecule has 6 nitrogen and oxygen atoms in total. The molecule has 0 aromatic heterocycles. The Morgan fingerprint density at radius 1 is 1.50 bits per heavy atom. The van der Waals surface area contributed by atoms with Crippen molar-refractivity contribution in [3.8, 4) is 0 Å². The van der Waals surface area contributed by atoms with Crippen LogP contribution < -0.4 is 11.1 Å². The first-order valence-electron chi connectivity index (χ1n) is 5.28. The molecule has 0 spiro atoms. The van der Waals surface area contributed by atoms with Crippen molar-refractivity contribution in [2.24, 2.45) is 10.7 Å². The minimum absolute atomic E-state index is 0.0665. The second-order valence-electron chi connectivity index (χ2n) is 3.49. The number of amides is 1. The molecule has 1 amide bonds. The highest BCUT2D eigenvalue weighted by Gasteiger charge is 2.01. The zero-order valence-corrected chi connectivity index (χ0v) is 10.2. The fourth-order valence-corrected chi connectivity index (χ4v) is 0.854. The molecule has 0 aliphatic carbocycles. The smallest absolute Gasteiger partial charge is 0.281 e. The van der Waals surface area contributed by atoms with E-state index in [2.05, 4.69) is 15.0 Å². The highest BCUT2D eigenvalue weighted by atomic mass is 16.5. The van der Waals surface area contributed by atoms with E-state index in [1.807, 2.05) is 13.8 Å². The van der Waals surface area contributed by atoms with Crippen molar-refractivity contribution in [3.63, 3.8) is 0 Å². The predicted octanol–water partition coefficient (Wildman–Crippen LogP) is -0.121. The summed E-state index contributed by atoms with van der Waals surface area (Å²) in [6, 6.07) is 0.162. The molecular weight excluding hydrogens is 210 g/mol. The van der Waals surface area contributed by atoms with Crippen LogP contribution in [-0.4, -0.2) is 44.8 Å². The van der Waals surface area contributed by atoms with Crippen LogP contribution >= 0.6 is 0 Å². The average Bonchev–Trinajstić information content (AvgIpc) is 2.25. The van der Waals surface area contributed by atoms with E-state index in [1.165, 1.54) is 7.11 Å². The standard InChI is InChI=1S/C10H21N3O3/c1-8(2)16-7-9(14)12-5-4-6-13-10(11)15-3/h8H,4-7H2,1-3H3,(H2,11,13)(H,12,14). The van der Waals surface area contributed by atoms with Crippen LogP contribution in [-0.2, 0) is 14.3 Å². The number of rotatable bonds is 7. The molecule has 0 atom stereocenters. The third kappa shape index (κ3) is 9.26. The lowest BCUT2D eigenvalue weighted by Crippen LogP contribution is -2.30. The molecule has 0 heterocycles. The molecule has 0 aliphatic rings. The highest BCUT2D eigenvalue weighted by Crippen LogP contribution is 1.86. The zero-order chi connectivity index (χ0) is 12.4. The largest absolute Gasteiger partial charge is 0.469 e. The molecule has 0 fully saturated rings. The number of carbonyl (C=O) groups is 1. The number of hydrogen-bond donors (Lipinski definition) is 2. The number of nitrogens with two attached hydrogens (primary N) is 1. The van der Waals surface area contributed by atoms with Crippen LogP contribution in [0.1, 0.15) is 20.3 Å². The minimum Gasteiger partial charge on any atom is -0.469 e. The van der Waals surface area contributed by atoms with Gasteiger partial charge in [-0.15, -0.1) is 0 Å². The van der Waals surface area contributed by atoms with Crippen molar-refractivity contribution < 1.29 is 14.3 Å². The molecular formula is C10H21N3O3. The topological polar surface area (TPSA) is 85.9 Å². The van der Waals surface area contributed by atoms with E-state index >= 15 is 0 Å². The van der Waals surface area contributed by atoms with Gasteiger partial charge >= 0.3 is 0 Å². The van der Waals surface area contributed by atoms with Crippen molar-refractivity contribution in [3.05, 3.63) is 0 Å². The number of amidine groups is 1. The van der Waals surface area contributed by atoms with Gasteiger partial charge in [0.15, 0.2) is 0 Å². The van der Waals surface area contributed by atoms with Gasteiger partial charge < -0.3 is 20.5 Å². The molecule has 16 heavy (non-hydrogen) atoms. The lowest BCUT2D eigenvalue weighted by Gasteiger charge is -2.07. The van der Waals surface area contributed by atoms with Crippen LogP contribution in [0.25, 0.3) is 0 Å². The summed E-state index contributed by atoms with van der Waals surface area (Å²) in [6.45, 7) is 4.96. The summed E-state index contributed by atoms with van der Waals surface area (Å²) in [5.41, 5.74) is 5.32. The molecule has 0 aromatic rings. The van der Waals surface area contributed by atoms with Crippen molar-refractivity contribution in [1.82, 2.24) is 5.32 Å². The van der Waals surface area contributed by atoms with Gasteiger partial charge in [-0.3, -0.25) is 4.79 Å². The zero-order valence-electron chi connectivity index (χ0n) is 10.2. The Labute approximate surface area is 96.2 Å². The number of carbonyl (C=O) groups excluding carboxylic acids is 1. The maximum absolute atomic E-state index is 11.2. The molecule has 0 aromatic carbocycles. The third-order valence-electron chi connectivity index (χ3n) is 1.68. The third-order valence-corrected chi connectivity index (χ3v) is 1.68. The van der Waals surface area contributed by atoms with Crippen LogP contribution in [0, 0.1) is 0 Å². The first kappa shape index (κ1) is 14.7. The van der Waals surface area contributed by atoms with E-state index in [0.717, 1.165) is 6.42 Å². The molecule has 0 rings (SSSR count). The fraction of sp³-hybridized carbons (Fsp3) is 0.800. The molecule has 3 N–H and O–H groups in total. The van der Waals surface area contributed by atoms with Crippen LogP contribution in [0.15, 0.2) is 4.99 Å².